The van der Waals surface area contributed by atoms with Gasteiger partial charge in [0.2, 0.25) is 5.88 Å². The normalized spacial score (nSPS) is 11.6. The molecule has 0 radical (unpaired) electrons. The average Bonchev–Trinajstić information content (AvgIpc) is 2.58. The van der Waals surface area contributed by atoms with E-state index < -0.39 is 11.9 Å². The zero-order valence-corrected chi connectivity index (χ0v) is 12.5. The standard InChI is InChI=1S/C16H17FN2O4/c1-22-15-6-5-11(8-18-15)16(21)19-9-13(20)10-23-14-4-2-3-12(17)7-14/h2-8,13,20H,9-10H2,1H3,(H,19,21)/t13-/m0/s1. The summed E-state index contributed by atoms with van der Waals surface area (Å²) in [7, 11) is 1.48. The van der Waals surface area contributed by atoms with Crippen molar-refractivity contribution in [2.75, 3.05) is 20.3 Å². The number of rotatable bonds is 7. The molecule has 1 heterocycles. The van der Waals surface area contributed by atoms with Crippen molar-refractivity contribution in [2.24, 2.45) is 0 Å². The summed E-state index contributed by atoms with van der Waals surface area (Å²) in [4.78, 5) is 15.8. The first kappa shape index (κ1) is 16.7. The van der Waals surface area contributed by atoms with Crippen molar-refractivity contribution >= 4 is 5.91 Å². The number of hydrogen-bond donors (Lipinski definition) is 2. The Morgan fingerprint density at radius 2 is 2.22 bits per heavy atom. The lowest BCUT2D eigenvalue weighted by Gasteiger charge is -2.13. The number of nitrogens with one attached hydrogen (secondary N) is 1. The third-order valence-corrected chi connectivity index (χ3v) is 2.94. The van der Waals surface area contributed by atoms with Crippen molar-refractivity contribution in [3.8, 4) is 11.6 Å². The SMILES string of the molecule is COc1ccc(C(=O)NC[C@H](O)COc2cccc(F)c2)cn1. The number of benzene rings is 1. The van der Waals surface area contributed by atoms with Gasteiger partial charge in [-0.2, -0.15) is 0 Å². The van der Waals surface area contributed by atoms with Gasteiger partial charge in [-0.3, -0.25) is 4.79 Å². The first-order valence-electron chi connectivity index (χ1n) is 6.93. The number of carbonyl (C=O) groups is 1. The fraction of sp³-hybridized carbons (Fsp3) is 0.250. The van der Waals surface area contributed by atoms with Crippen LogP contribution in [-0.2, 0) is 0 Å². The topological polar surface area (TPSA) is 80.7 Å². The molecule has 7 heteroatoms. The molecule has 0 aliphatic heterocycles. The Hall–Kier alpha value is -2.67. The summed E-state index contributed by atoms with van der Waals surface area (Å²) < 4.78 is 23.1. The van der Waals surface area contributed by atoms with E-state index >= 15 is 0 Å². The van der Waals surface area contributed by atoms with E-state index in [2.05, 4.69) is 10.3 Å². The number of ether oxygens (including phenoxy) is 2. The van der Waals surface area contributed by atoms with Crippen LogP contribution in [0.25, 0.3) is 0 Å². The Morgan fingerprint density at radius 3 is 2.87 bits per heavy atom. The predicted molar refractivity (Wildman–Crippen MR) is 81.0 cm³/mol. The first-order chi connectivity index (χ1) is 11.1. The van der Waals surface area contributed by atoms with Crippen LogP contribution < -0.4 is 14.8 Å². The van der Waals surface area contributed by atoms with E-state index in [1.54, 1.807) is 18.2 Å². The van der Waals surface area contributed by atoms with E-state index in [1.807, 2.05) is 0 Å². The molecule has 0 bridgehead atoms. The van der Waals surface area contributed by atoms with E-state index in [4.69, 9.17) is 9.47 Å². The molecule has 122 valence electrons. The minimum absolute atomic E-state index is 0.000177. The second-order valence-electron chi connectivity index (χ2n) is 4.72. The van der Waals surface area contributed by atoms with Crippen LogP contribution in [0, 0.1) is 5.82 Å². The van der Waals surface area contributed by atoms with Crippen LogP contribution >= 0.6 is 0 Å². The highest BCUT2D eigenvalue weighted by atomic mass is 19.1. The molecule has 1 aromatic carbocycles. The highest BCUT2D eigenvalue weighted by Crippen LogP contribution is 2.12. The Labute approximate surface area is 132 Å². The van der Waals surface area contributed by atoms with Gasteiger partial charge in [-0.1, -0.05) is 6.07 Å². The van der Waals surface area contributed by atoms with Crippen molar-refractivity contribution in [3.05, 3.63) is 54.0 Å². The van der Waals surface area contributed by atoms with Gasteiger partial charge < -0.3 is 19.9 Å². The highest BCUT2D eigenvalue weighted by Gasteiger charge is 2.10. The number of aliphatic hydroxyl groups is 1. The molecule has 0 unspecified atom stereocenters. The molecule has 2 rings (SSSR count). The van der Waals surface area contributed by atoms with Crippen LogP contribution in [0.1, 0.15) is 10.4 Å². The maximum absolute atomic E-state index is 13.0. The number of hydrogen-bond acceptors (Lipinski definition) is 5. The zero-order valence-electron chi connectivity index (χ0n) is 12.5. The van der Waals surface area contributed by atoms with Crippen LogP contribution in [0.15, 0.2) is 42.6 Å². The molecule has 0 fully saturated rings. The molecular formula is C16H17FN2O4. The van der Waals surface area contributed by atoms with Crippen LogP contribution in [-0.4, -0.2) is 42.4 Å². The molecule has 2 N–H and O–H groups in total. The first-order valence-corrected chi connectivity index (χ1v) is 6.93. The Morgan fingerprint density at radius 1 is 1.39 bits per heavy atom. The number of aromatic nitrogens is 1. The molecule has 1 atom stereocenters. The van der Waals surface area contributed by atoms with Gasteiger partial charge in [-0.05, 0) is 18.2 Å². The maximum atomic E-state index is 13.0. The molecular weight excluding hydrogens is 303 g/mol. The highest BCUT2D eigenvalue weighted by molar-refractivity contribution is 5.93. The van der Waals surface area contributed by atoms with Crippen molar-refractivity contribution in [2.45, 2.75) is 6.10 Å². The van der Waals surface area contributed by atoms with E-state index in [0.717, 1.165) is 0 Å². The zero-order chi connectivity index (χ0) is 16.7. The number of aliphatic hydroxyl groups excluding tert-OH is 1. The third-order valence-electron chi connectivity index (χ3n) is 2.94. The molecule has 0 spiro atoms. The van der Waals surface area contributed by atoms with E-state index in [-0.39, 0.29) is 19.1 Å². The van der Waals surface area contributed by atoms with Crippen LogP contribution in [0.4, 0.5) is 4.39 Å². The largest absolute Gasteiger partial charge is 0.491 e. The minimum Gasteiger partial charge on any atom is -0.491 e. The lowest BCUT2D eigenvalue weighted by atomic mass is 10.2. The molecule has 0 saturated carbocycles. The molecule has 1 amide bonds. The van der Waals surface area contributed by atoms with Gasteiger partial charge in [0.15, 0.2) is 0 Å². The van der Waals surface area contributed by atoms with E-state index in [9.17, 15) is 14.3 Å². The summed E-state index contributed by atoms with van der Waals surface area (Å²) in [6.45, 7) is -0.0647. The van der Waals surface area contributed by atoms with Gasteiger partial charge in [0.25, 0.3) is 5.91 Å². The second kappa shape index (κ2) is 8.09. The Kier molecular flexibility index (Phi) is 5.87. The number of pyridine rings is 1. The summed E-state index contributed by atoms with van der Waals surface area (Å²) in [5, 5.41) is 12.3. The molecule has 2 aromatic rings. The molecule has 0 saturated heterocycles. The van der Waals surface area contributed by atoms with Crippen molar-refractivity contribution in [1.29, 1.82) is 0 Å². The van der Waals surface area contributed by atoms with E-state index in [0.29, 0.717) is 17.2 Å². The number of carbonyl (C=O) groups excluding carboxylic acids is 1. The number of nitrogens with zero attached hydrogens (tertiary/aromatic N) is 1. The fourth-order valence-electron chi connectivity index (χ4n) is 1.76. The fourth-order valence-corrected chi connectivity index (χ4v) is 1.76. The smallest absolute Gasteiger partial charge is 0.252 e. The summed E-state index contributed by atoms with van der Waals surface area (Å²) in [5.41, 5.74) is 0.351. The van der Waals surface area contributed by atoms with Gasteiger partial charge in [-0.25, -0.2) is 9.37 Å². The van der Waals surface area contributed by atoms with Gasteiger partial charge in [0, 0.05) is 24.9 Å². The minimum atomic E-state index is -0.923. The van der Waals surface area contributed by atoms with Gasteiger partial charge in [0.1, 0.15) is 24.3 Å². The molecule has 6 nitrogen and oxygen atoms in total. The van der Waals surface area contributed by atoms with Gasteiger partial charge in [-0.15, -0.1) is 0 Å². The maximum Gasteiger partial charge on any atom is 0.252 e. The van der Waals surface area contributed by atoms with Crippen molar-refractivity contribution in [3.63, 3.8) is 0 Å². The number of methoxy groups -OCH3 is 1. The van der Waals surface area contributed by atoms with Crippen LogP contribution in [0.2, 0.25) is 0 Å². The average molecular weight is 320 g/mol. The Balaban J connectivity index is 1.76. The van der Waals surface area contributed by atoms with Crippen LogP contribution in [0.3, 0.4) is 0 Å². The third kappa shape index (κ3) is 5.23. The summed E-state index contributed by atoms with van der Waals surface area (Å²) in [5.74, 6) is -0.0675. The van der Waals surface area contributed by atoms with Crippen LogP contribution in [0.5, 0.6) is 11.6 Å². The predicted octanol–water partition coefficient (Wildman–Crippen LogP) is 1.40. The van der Waals surface area contributed by atoms with Gasteiger partial charge in [0.05, 0.1) is 12.7 Å². The second-order valence-corrected chi connectivity index (χ2v) is 4.72. The quantitative estimate of drug-likeness (QED) is 0.806. The molecule has 1 aromatic heterocycles. The van der Waals surface area contributed by atoms with Crippen molar-refractivity contribution in [1.82, 2.24) is 10.3 Å². The Bertz CT molecular complexity index is 649. The molecule has 0 aliphatic rings. The monoisotopic (exact) mass is 320 g/mol. The van der Waals surface area contributed by atoms with Crippen molar-refractivity contribution < 1.29 is 23.8 Å². The van der Waals surface area contributed by atoms with E-state index in [1.165, 1.54) is 31.5 Å². The molecule has 0 aliphatic carbocycles. The summed E-state index contributed by atoms with van der Waals surface area (Å²) in [6.07, 6.45) is 0.456. The summed E-state index contributed by atoms with van der Waals surface area (Å²) in [6, 6.07) is 8.74. The number of amides is 1. The number of halogens is 1. The lowest BCUT2D eigenvalue weighted by Crippen LogP contribution is -2.35. The summed E-state index contributed by atoms with van der Waals surface area (Å²) >= 11 is 0. The molecule has 23 heavy (non-hydrogen) atoms. The lowest BCUT2D eigenvalue weighted by molar-refractivity contribution is 0.0843. The van der Waals surface area contributed by atoms with Gasteiger partial charge >= 0.3 is 0 Å².